The summed E-state index contributed by atoms with van der Waals surface area (Å²) >= 11 is 0. The van der Waals surface area contributed by atoms with Crippen LogP contribution in [0.25, 0.3) is 0 Å². The molecule has 0 aromatic rings. The minimum Gasteiger partial charge on any atom is -0.353 e. The fourth-order valence-corrected chi connectivity index (χ4v) is 3.37. The number of hydrogen-bond acceptors (Lipinski definition) is 2. The van der Waals surface area contributed by atoms with Gasteiger partial charge in [-0.1, -0.05) is 12.8 Å². The fourth-order valence-electron chi connectivity index (χ4n) is 3.37. The second-order valence-corrected chi connectivity index (χ2v) is 6.40. The van der Waals surface area contributed by atoms with Gasteiger partial charge in [-0.25, -0.2) is 0 Å². The van der Waals surface area contributed by atoms with Crippen LogP contribution in [0.15, 0.2) is 0 Å². The number of amides is 1. The minimum atomic E-state index is -4.14. The molecule has 3 nitrogen and oxygen atoms in total. The van der Waals surface area contributed by atoms with Crippen LogP contribution < -0.4 is 11.1 Å². The van der Waals surface area contributed by atoms with Crippen molar-refractivity contribution in [3.05, 3.63) is 0 Å². The number of halogens is 3. The summed E-state index contributed by atoms with van der Waals surface area (Å²) in [5.41, 5.74) is 5.61. The molecule has 2 fully saturated rings. The molecule has 0 aliphatic heterocycles. The molecule has 1 amide bonds. The van der Waals surface area contributed by atoms with E-state index in [1.165, 1.54) is 0 Å². The molecule has 2 unspecified atom stereocenters. The van der Waals surface area contributed by atoms with Crippen molar-refractivity contribution < 1.29 is 18.0 Å². The number of nitrogens with one attached hydrogen (secondary N) is 1. The maximum Gasteiger partial charge on any atom is 0.391 e. The molecule has 116 valence electrons. The molecule has 2 aliphatic rings. The first-order chi connectivity index (χ1) is 9.35. The number of alkyl halides is 3. The molecule has 0 radical (unpaired) electrons. The van der Waals surface area contributed by atoms with E-state index in [-0.39, 0.29) is 30.2 Å². The van der Waals surface area contributed by atoms with Gasteiger partial charge in [0.25, 0.3) is 0 Å². The van der Waals surface area contributed by atoms with Gasteiger partial charge in [0.15, 0.2) is 0 Å². The standard InChI is InChI=1S/C14H23F3N2O/c15-14(16,17)10-3-1-4-11(7-10)19-12(20)8-13(9-18)5-2-6-13/h10-11H,1-9,18H2,(H,19,20). The van der Waals surface area contributed by atoms with Crippen LogP contribution in [0, 0.1) is 11.3 Å². The van der Waals surface area contributed by atoms with Crippen LogP contribution in [-0.4, -0.2) is 24.7 Å². The van der Waals surface area contributed by atoms with E-state index in [1.54, 1.807) is 0 Å². The zero-order valence-electron chi connectivity index (χ0n) is 11.6. The molecule has 3 N–H and O–H groups in total. The van der Waals surface area contributed by atoms with Crippen LogP contribution in [-0.2, 0) is 4.79 Å². The number of carbonyl (C=O) groups is 1. The topological polar surface area (TPSA) is 55.1 Å². The van der Waals surface area contributed by atoms with Gasteiger partial charge in [0, 0.05) is 12.5 Å². The van der Waals surface area contributed by atoms with Gasteiger partial charge < -0.3 is 11.1 Å². The first-order valence-electron chi connectivity index (χ1n) is 7.41. The summed E-state index contributed by atoms with van der Waals surface area (Å²) < 4.78 is 38.1. The van der Waals surface area contributed by atoms with Gasteiger partial charge in [-0.15, -0.1) is 0 Å². The Bertz CT molecular complexity index is 347. The molecule has 0 aromatic heterocycles. The third kappa shape index (κ3) is 3.65. The molecule has 0 saturated heterocycles. The van der Waals surface area contributed by atoms with Gasteiger partial charge in [0.2, 0.25) is 5.91 Å². The maximum atomic E-state index is 12.7. The average molecular weight is 292 g/mol. The van der Waals surface area contributed by atoms with Crippen molar-refractivity contribution in [2.45, 2.75) is 63.6 Å². The molecule has 2 saturated carbocycles. The zero-order valence-corrected chi connectivity index (χ0v) is 11.6. The highest BCUT2D eigenvalue weighted by molar-refractivity contribution is 5.77. The SMILES string of the molecule is NCC1(CC(=O)NC2CCCC(C(F)(F)F)C2)CCC1. The molecule has 2 atom stereocenters. The molecular formula is C14H23F3N2O. The Balaban J connectivity index is 1.82. The average Bonchev–Trinajstić information content (AvgIpc) is 2.33. The van der Waals surface area contributed by atoms with Crippen molar-refractivity contribution in [1.82, 2.24) is 5.32 Å². The third-order valence-electron chi connectivity index (χ3n) is 4.89. The molecule has 2 rings (SSSR count). The third-order valence-corrected chi connectivity index (χ3v) is 4.89. The van der Waals surface area contributed by atoms with Crippen LogP contribution in [0.3, 0.4) is 0 Å². The Kier molecular flexibility index (Phi) is 4.62. The first kappa shape index (κ1) is 15.6. The van der Waals surface area contributed by atoms with Crippen molar-refractivity contribution in [3.8, 4) is 0 Å². The van der Waals surface area contributed by atoms with Gasteiger partial charge in [-0.2, -0.15) is 13.2 Å². The quantitative estimate of drug-likeness (QED) is 0.837. The highest BCUT2D eigenvalue weighted by Gasteiger charge is 2.43. The number of carbonyl (C=O) groups excluding carboxylic acids is 1. The maximum absolute atomic E-state index is 12.7. The van der Waals surface area contributed by atoms with Crippen LogP contribution in [0.1, 0.15) is 51.4 Å². The van der Waals surface area contributed by atoms with Crippen molar-refractivity contribution in [2.75, 3.05) is 6.54 Å². The number of rotatable bonds is 4. The molecule has 2 aliphatic carbocycles. The largest absolute Gasteiger partial charge is 0.391 e. The summed E-state index contributed by atoms with van der Waals surface area (Å²) in [4.78, 5) is 12.0. The van der Waals surface area contributed by atoms with E-state index in [0.717, 1.165) is 19.3 Å². The van der Waals surface area contributed by atoms with Gasteiger partial charge in [0.05, 0.1) is 5.92 Å². The Morgan fingerprint density at radius 1 is 1.25 bits per heavy atom. The Labute approximate surface area is 117 Å². The minimum absolute atomic E-state index is 0.0187. The van der Waals surface area contributed by atoms with Crippen LogP contribution in [0.2, 0.25) is 0 Å². The molecule has 6 heteroatoms. The van der Waals surface area contributed by atoms with E-state index in [4.69, 9.17) is 5.73 Å². The normalized spacial score (nSPS) is 29.6. The molecular weight excluding hydrogens is 269 g/mol. The lowest BCUT2D eigenvalue weighted by atomic mass is 9.66. The van der Waals surface area contributed by atoms with Crippen molar-refractivity contribution in [1.29, 1.82) is 0 Å². The predicted octanol–water partition coefficient (Wildman–Crippen LogP) is 2.74. The number of nitrogens with two attached hydrogens (primary N) is 1. The van der Waals surface area contributed by atoms with E-state index >= 15 is 0 Å². The lowest BCUT2D eigenvalue weighted by Crippen LogP contribution is -2.46. The summed E-state index contributed by atoms with van der Waals surface area (Å²) in [6.07, 6.45) is 0.578. The van der Waals surface area contributed by atoms with E-state index in [1.807, 2.05) is 0 Å². The fraction of sp³-hybridized carbons (Fsp3) is 0.929. The molecule has 0 bridgehead atoms. The van der Waals surface area contributed by atoms with Crippen LogP contribution in [0.5, 0.6) is 0 Å². The monoisotopic (exact) mass is 292 g/mol. The summed E-state index contributed by atoms with van der Waals surface area (Å²) in [7, 11) is 0. The highest BCUT2D eigenvalue weighted by atomic mass is 19.4. The zero-order chi connectivity index (χ0) is 14.8. The lowest BCUT2D eigenvalue weighted by Gasteiger charge is -2.41. The second-order valence-electron chi connectivity index (χ2n) is 6.40. The molecule has 0 aromatic carbocycles. The van der Waals surface area contributed by atoms with Crippen molar-refractivity contribution in [2.24, 2.45) is 17.1 Å². The van der Waals surface area contributed by atoms with E-state index in [9.17, 15) is 18.0 Å². The smallest absolute Gasteiger partial charge is 0.353 e. The highest BCUT2D eigenvalue weighted by Crippen LogP contribution is 2.43. The summed E-state index contributed by atoms with van der Waals surface area (Å²) in [5.74, 6) is -1.41. The Hall–Kier alpha value is -0.780. The predicted molar refractivity (Wildman–Crippen MR) is 69.9 cm³/mol. The molecule has 0 spiro atoms. The summed E-state index contributed by atoms with van der Waals surface area (Å²) in [6, 6.07) is -0.335. The van der Waals surface area contributed by atoms with Gasteiger partial charge in [-0.3, -0.25) is 4.79 Å². The van der Waals surface area contributed by atoms with Gasteiger partial charge in [-0.05, 0) is 44.1 Å². The molecule has 20 heavy (non-hydrogen) atoms. The second kappa shape index (κ2) is 5.92. The Morgan fingerprint density at radius 3 is 2.45 bits per heavy atom. The molecule has 0 heterocycles. The van der Waals surface area contributed by atoms with E-state index < -0.39 is 12.1 Å². The van der Waals surface area contributed by atoms with E-state index in [2.05, 4.69) is 5.32 Å². The van der Waals surface area contributed by atoms with Gasteiger partial charge >= 0.3 is 6.18 Å². The first-order valence-corrected chi connectivity index (χ1v) is 7.41. The van der Waals surface area contributed by atoms with Crippen LogP contribution >= 0.6 is 0 Å². The lowest BCUT2D eigenvalue weighted by molar-refractivity contribution is -0.184. The van der Waals surface area contributed by atoms with Crippen molar-refractivity contribution in [3.63, 3.8) is 0 Å². The summed E-state index contributed by atoms with van der Waals surface area (Å²) in [6.45, 7) is 0.482. The number of hydrogen-bond donors (Lipinski definition) is 2. The van der Waals surface area contributed by atoms with Gasteiger partial charge in [0.1, 0.15) is 0 Å². The summed E-state index contributed by atoms with van der Waals surface area (Å²) in [5, 5.41) is 2.78. The van der Waals surface area contributed by atoms with E-state index in [0.29, 0.717) is 25.8 Å². The van der Waals surface area contributed by atoms with Crippen molar-refractivity contribution >= 4 is 5.91 Å². The van der Waals surface area contributed by atoms with Crippen LogP contribution in [0.4, 0.5) is 13.2 Å². The Morgan fingerprint density at radius 2 is 1.95 bits per heavy atom.